The third kappa shape index (κ3) is 2.54. The lowest BCUT2D eigenvalue weighted by Gasteiger charge is -2.29. The Morgan fingerprint density at radius 3 is 2.70 bits per heavy atom. The summed E-state index contributed by atoms with van der Waals surface area (Å²) in [6, 6.07) is 11.7. The average Bonchev–Trinajstić information content (AvgIpc) is 2.99. The smallest absolute Gasteiger partial charge is 0.218 e. The molecule has 0 spiro atoms. The van der Waals surface area contributed by atoms with Gasteiger partial charge in [-0.1, -0.05) is 37.3 Å². The molecule has 0 saturated carbocycles. The Hall–Kier alpha value is -2.82. The summed E-state index contributed by atoms with van der Waals surface area (Å²) in [6.45, 7) is 2.02. The maximum atomic E-state index is 11.7. The molecule has 0 saturated heterocycles. The number of H-pyrrole nitrogens is 1. The number of nitrogens with zero attached hydrogens (tertiary/aromatic N) is 1. The first-order chi connectivity index (χ1) is 11.1. The van der Waals surface area contributed by atoms with E-state index < -0.39 is 5.41 Å². The molecule has 0 aliphatic heterocycles. The molecule has 1 atom stereocenters. The first kappa shape index (κ1) is 15.1. The number of fused-ring (bicyclic) bond motifs is 1. The standard InChI is InChI=1S/C18H19N3O2/c1-18(10-15(19)22,12-6-4-3-5-7-12)13-11-21-17-16(13)14(23-2)8-9-20-17/h3-9,11H,10H2,1-2H3,(H2,19,22)(H,20,21). The van der Waals surface area contributed by atoms with Crippen molar-refractivity contribution in [3.63, 3.8) is 0 Å². The number of benzene rings is 1. The number of nitrogens with two attached hydrogens (primary N) is 1. The lowest BCUT2D eigenvalue weighted by atomic mass is 9.73. The highest BCUT2D eigenvalue weighted by molar-refractivity contribution is 5.89. The fourth-order valence-electron chi connectivity index (χ4n) is 3.14. The minimum absolute atomic E-state index is 0.196. The Bertz CT molecular complexity index is 842. The summed E-state index contributed by atoms with van der Waals surface area (Å²) < 4.78 is 5.49. The van der Waals surface area contributed by atoms with Crippen molar-refractivity contribution in [1.82, 2.24) is 9.97 Å². The van der Waals surface area contributed by atoms with E-state index in [4.69, 9.17) is 10.5 Å². The van der Waals surface area contributed by atoms with Gasteiger partial charge in [-0.25, -0.2) is 4.98 Å². The van der Waals surface area contributed by atoms with Gasteiger partial charge in [0.05, 0.1) is 12.5 Å². The highest BCUT2D eigenvalue weighted by Gasteiger charge is 2.34. The predicted molar refractivity (Wildman–Crippen MR) is 89.4 cm³/mol. The van der Waals surface area contributed by atoms with Crippen molar-refractivity contribution in [3.8, 4) is 5.75 Å². The Morgan fingerprint density at radius 1 is 1.30 bits per heavy atom. The van der Waals surface area contributed by atoms with Gasteiger partial charge in [-0.3, -0.25) is 4.79 Å². The topological polar surface area (TPSA) is 81.0 Å². The van der Waals surface area contributed by atoms with Gasteiger partial charge in [-0.05, 0) is 17.2 Å². The molecular formula is C18H19N3O2. The van der Waals surface area contributed by atoms with Crippen molar-refractivity contribution in [1.29, 1.82) is 0 Å². The number of hydrogen-bond acceptors (Lipinski definition) is 3. The molecule has 5 heteroatoms. The van der Waals surface area contributed by atoms with Crippen LogP contribution in [0.15, 0.2) is 48.8 Å². The second-order valence-corrected chi connectivity index (χ2v) is 5.78. The van der Waals surface area contributed by atoms with Crippen LogP contribution in [0.3, 0.4) is 0 Å². The third-order valence-corrected chi connectivity index (χ3v) is 4.29. The molecule has 118 valence electrons. The van der Waals surface area contributed by atoms with Crippen LogP contribution in [0.2, 0.25) is 0 Å². The quantitative estimate of drug-likeness (QED) is 0.760. The van der Waals surface area contributed by atoms with E-state index in [9.17, 15) is 4.79 Å². The van der Waals surface area contributed by atoms with Gasteiger partial charge in [0.15, 0.2) is 0 Å². The van der Waals surface area contributed by atoms with Gasteiger partial charge in [0.2, 0.25) is 5.91 Å². The molecule has 0 aliphatic rings. The van der Waals surface area contributed by atoms with E-state index in [0.717, 1.165) is 27.9 Å². The van der Waals surface area contributed by atoms with Crippen LogP contribution in [0.1, 0.15) is 24.5 Å². The van der Waals surface area contributed by atoms with Gasteiger partial charge in [0.25, 0.3) is 0 Å². The van der Waals surface area contributed by atoms with E-state index in [1.807, 2.05) is 49.5 Å². The number of aromatic amines is 1. The molecule has 0 aliphatic carbocycles. The van der Waals surface area contributed by atoms with Gasteiger partial charge in [0.1, 0.15) is 11.4 Å². The number of methoxy groups -OCH3 is 1. The maximum absolute atomic E-state index is 11.7. The number of ether oxygens (including phenoxy) is 1. The number of amides is 1. The summed E-state index contributed by atoms with van der Waals surface area (Å²) in [6.07, 6.45) is 3.77. The second-order valence-electron chi connectivity index (χ2n) is 5.78. The van der Waals surface area contributed by atoms with E-state index in [2.05, 4.69) is 9.97 Å². The van der Waals surface area contributed by atoms with E-state index >= 15 is 0 Å². The largest absolute Gasteiger partial charge is 0.496 e. The van der Waals surface area contributed by atoms with E-state index in [-0.39, 0.29) is 12.3 Å². The summed E-state index contributed by atoms with van der Waals surface area (Å²) in [4.78, 5) is 19.3. The zero-order chi connectivity index (χ0) is 16.4. The van der Waals surface area contributed by atoms with Crippen LogP contribution in [0.4, 0.5) is 0 Å². The van der Waals surface area contributed by atoms with Crippen molar-refractivity contribution in [2.75, 3.05) is 7.11 Å². The minimum atomic E-state index is -0.568. The van der Waals surface area contributed by atoms with Gasteiger partial charge in [-0.2, -0.15) is 0 Å². The van der Waals surface area contributed by atoms with Crippen LogP contribution in [0, 0.1) is 0 Å². The Morgan fingerprint density at radius 2 is 2.04 bits per heavy atom. The molecule has 23 heavy (non-hydrogen) atoms. The number of pyridine rings is 1. The number of carbonyl (C=O) groups is 1. The molecule has 0 bridgehead atoms. The minimum Gasteiger partial charge on any atom is -0.496 e. The summed E-state index contributed by atoms with van der Waals surface area (Å²) >= 11 is 0. The third-order valence-electron chi connectivity index (χ3n) is 4.29. The summed E-state index contributed by atoms with van der Waals surface area (Å²) in [5, 5.41) is 0.877. The average molecular weight is 309 g/mol. The number of aromatic nitrogens is 2. The molecular weight excluding hydrogens is 290 g/mol. The van der Waals surface area contributed by atoms with Crippen LogP contribution >= 0.6 is 0 Å². The second kappa shape index (κ2) is 5.76. The zero-order valence-electron chi connectivity index (χ0n) is 13.2. The number of primary amides is 1. The summed E-state index contributed by atoms with van der Waals surface area (Å²) in [5.41, 5.74) is 7.67. The summed E-state index contributed by atoms with van der Waals surface area (Å²) in [7, 11) is 1.62. The normalized spacial score (nSPS) is 13.7. The Labute approximate surface area is 134 Å². The fourth-order valence-corrected chi connectivity index (χ4v) is 3.14. The van der Waals surface area contributed by atoms with E-state index in [1.54, 1.807) is 13.3 Å². The molecule has 1 unspecified atom stereocenters. The first-order valence-corrected chi connectivity index (χ1v) is 7.40. The molecule has 0 radical (unpaired) electrons. The maximum Gasteiger partial charge on any atom is 0.218 e. The SMILES string of the molecule is COc1ccnc2[nH]cc(C(C)(CC(N)=O)c3ccccc3)c12. The van der Waals surface area contributed by atoms with Gasteiger partial charge in [-0.15, -0.1) is 0 Å². The van der Waals surface area contributed by atoms with Crippen LogP contribution in [-0.2, 0) is 10.2 Å². The first-order valence-electron chi connectivity index (χ1n) is 7.40. The van der Waals surface area contributed by atoms with Crippen molar-refractivity contribution in [2.24, 2.45) is 5.73 Å². The molecule has 1 aromatic carbocycles. The fraction of sp³-hybridized carbons (Fsp3) is 0.222. The van der Waals surface area contributed by atoms with Crippen molar-refractivity contribution >= 4 is 16.9 Å². The van der Waals surface area contributed by atoms with E-state index in [1.165, 1.54) is 0 Å². The van der Waals surface area contributed by atoms with Crippen LogP contribution in [-0.4, -0.2) is 23.0 Å². The van der Waals surface area contributed by atoms with Crippen molar-refractivity contribution in [2.45, 2.75) is 18.8 Å². The highest BCUT2D eigenvalue weighted by atomic mass is 16.5. The lowest BCUT2D eigenvalue weighted by Crippen LogP contribution is -2.30. The lowest BCUT2D eigenvalue weighted by molar-refractivity contribution is -0.118. The number of carbonyl (C=O) groups excluding carboxylic acids is 1. The molecule has 3 N–H and O–H groups in total. The highest BCUT2D eigenvalue weighted by Crippen LogP contribution is 2.41. The Kier molecular flexibility index (Phi) is 3.78. The molecule has 2 heterocycles. The van der Waals surface area contributed by atoms with Crippen molar-refractivity contribution in [3.05, 3.63) is 59.9 Å². The number of hydrogen-bond donors (Lipinski definition) is 2. The predicted octanol–water partition coefficient (Wildman–Crippen LogP) is 2.75. The molecule has 0 fully saturated rings. The Balaban J connectivity index is 2.28. The van der Waals surface area contributed by atoms with Crippen LogP contribution in [0.25, 0.3) is 11.0 Å². The number of nitrogens with one attached hydrogen (secondary N) is 1. The molecule has 3 rings (SSSR count). The molecule has 3 aromatic rings. The number of rotatable bonds is 5. The van der Waals surface area contributed by atoms with Crippen LogP contribution < -0.4 is 10.5 Å². The van der Waals surface area contributed by atoms with Crippen LogP contribution in [0.5, 0.6) is 5.75 Å². The van der Waals surface area contributed by atoms with Crippen molar-refractivity contribution < 1.29 is 9.53 Å². The molecule has 5 nitrogen and oxygen atoms in total. The van der Waals surface area contributed by atoms with Gasteiger partial charge in [0, 0.05) is 24.2 Å². The van der Waals surface area contributed by atoms with Gasteiger partial charge < -0.3 is 15.5 Å². The molecule has 1 amide bonds. The van der Waals surface area contributed by atoms with E-state index in [0.29, 0.717) is 0 Å². The summed E-state index contributed by atoms with van der Waals surface area (Å²) in [5.74, 6) is 0.367. The zero-order valence-corrected chi connectivity index (χ0v) is 13.2. The van der Waals surface area contributed by atoms with Gasteiger partial charge >= 0.3 is 0 Å². The molecule has 2 aromatic heterocycles. The monoisotopic (exact) mass is 309 g/mol.